The molecule has 0 fully saturated rings. The molecule has 0 aromatic heterocycles. The molecule has 0 aliphatic heterocycles. The first-order valence-electron chi connectivity index (χ1n) is 4.23. The Hall–Kier alpha value is -0.830. The van der Waals surface area contributed by atoms with Crippen molar-refractivity contribution in [2.45, 2.75) is 26.4 Å². The van der Waals surface area contributed by atoms with E-state index >= 15 is 0 Å². The Labute approximate surface area is 73.0 Å². The minimum atomic E-state index is -0.403. The van der Waals surface area contributed by atoms with E-state index in [-0.39, 0.29) is 0 Å². The van der Waals surface area contributed by atoms with Crippen molar-refractivity contribution in [3.05, 3.63) is 11.3 Å². The molecule has 0 heterocycles. The number of allylic oxidation sites excluding steroid dienone is 1. The first kappa shape index (κ1) is 9.26. The average molecular weight is 168 g/mol. The quantitative estimate of drug-likeness (QED) is 0.536. The summed E-state index contributed by atoms with van der Waals surface area (Å²) in [6, 6.07) is 0. The van der Waals surface area contributed by atoms with Gasteiger partial charge in [0.15, 0.2) is 0 Å². The highest BCUT2D eigenvalue weighted by Crippen LogP contribution is 2.30. The van der Waals surface area contributed by atoms with Crippen molar-refractivity contribution in [1.29, 1.82) is 5.41 Å². The van der Waals surface area contributed by atoms with Gasteiger partial charge in [0.05, 0.1) is 6.10 Å². The lowest BCUT2D eigenvalue weighted by Gasteiger charge is -2.09. The first-order chi connectivity index (χ1) is 5.57. The van der Waals surface area contributed by atoms with E-state index in [4.69, 9.17) is 5.41 Å². The molecule has 0 aromatic rings. The van der Waals surface area contributed by atoms with E-state index in [1.165, 1.54) is 0 Å². The highest BCUT2D eigenvalue weighted by molar-refractivity contribution is 5.97. The number of nitrogens with one attached hydrogen (secondary N) is 2. The summed E-state index contributed by atoms with van der Waals surface area (Å²) in [4.78, 5) is 0. The Morgan fingerprint density at radius 3 is 2.58 bits per heavy atom. The van der Waals surface area contributed by atoms with Gasteiger partial charge in [0, 0.05) is 18.5 Å². The minimum absolute atomic E-state index is 0.306. The van der Waals surface area contributed by atoms with Crippen molar-refractivity contribution >= 4 is 5.71 Å². The van der Waals surface area contributed by atoms with Crippen LogP contribution in [0, 0.1) is 11.3 Å². The van der Waals surface area contributed by atoms with E-state index in [0.717, 1.165) is 17.7 Å². The van der Waals surface area contributed by atoms with Gasteiger partial charge in [-0.05, 0) is 24.8 Å². The monoisotopic (exact) mass is 168 g/mol. The van der Waals surface area contributed by atoms with Crippen molar-refractivity contribution in [2.24, 2.45) is 5.92 Å². The van der Waals surface area contributed by atoms with Crippen LogP contribution in [-0.2, 0) is 0 Å². The summed E-state index contributed by atoms with van der Waals surface area (Å²) < 4.78 is 0. The molecule has 0 saturated heterocycles. The van der Waals surface area contributed by atoms with E-state index < -0.39 is 6.10 Å². The third kappa shape index (κ3) is 1.37. The van der Waals surface area contributed by atoms with Crippen LogP contribution < -0.4 is 5.32 Å². The zero-order valence-electron chi connectivity index (χ0n) is 7.81. The number of rotatable bonds is 2. The molecular weight excluding hydrogens is 152 g/mol. The molecule has 0 saturated carbocycles. The predicted octanol–water partition coefficient (Wildman–Crippen LogP) is 0.900. The molecule has 3 nitrogen and oxygen atoms in total. The Morgan fingerprint density at radius 2 is 2.25 bits per heavy atom. The number of likely N-dealkylation sites (N-methyl/N-ethyl adjacent to an activating group) is 1. The second-order valence-electron chi connectivity index (χ2n) is 3.35. The third-order valence-electron chi connectivity index (χ3n) is 2.37. The zero-order valence-corrected chi connectivity index (χ0v) is 7.81. The van der Waals surface area contributed by atoms with Gasteiger partial charge >= 0.3 is 0 Å². The molecule has 1 rings (SSSR count). The fourth-order valence-corrected chi connectivity index (χ4v) is 1.89. The minimum Gasteiger partial charge on any atom is -0.389 e. The van der Waals surface area contributed by atoms with E-state index in [0.29, 0.717) is 11.6 Å². The molecule has 0 spiro atoms. The number of hydrogen-bond donors (Lipinski definition) is 3. The highest BCUT2D eigenvalue weighted by atomic mass is 16.3. The number of aliphatic hydroxyl groups is 1. The standard InChI is InChI=1S/C9H16N2O/c1-5-4-7(12)9(11-3)8(5)6(2)10/h5,7,10-12H,4H2,1-3H3/t5-,7+/m1/s1. The second kappa shape index (κ2) is 3.27. The van der Waals surface area contributed by atoms with E-state index in [1.54, 1.807) is 14.0 Å². The van der Waals surface area contributed by atoms with Crippen molar-refractivity contribution < 1.29 is 5.11 Å². The van der Waals surface area contributed by atoms with Gasteiger partial charge in [-0.15, -0.1) is 0 Å². The van der Waals surface area contributed by atoms with Crippen LogP contribution in [0.3, 0.4) is 0 Å². The Bertz CT molecular complexity index is 233. The van der Waals surface area contributed by atoms with Crippen LogP contribution in [0.5, 0.6) is 0 Å². The van der Waals surface area contributed by atoms with Crippen molar-refractivity contribution in [1.82, 2.24) is 5.32 Å². The lowest BCUT2D eigenvalue weighted by molar-refractivity contribution is 0.196. The van der Waals surface area contributed by atoms with Gasteiger partial charge in [0.25, 0.3) is 0 Å². The van der Waals surface area contributed by atoms with Crippen molar-refractivity contribution in [2.75, 3.05) is 7.05 Å². The van der Waals surface area contributed by atoms with Crippen LogP contribution in [0.1, 0.15) is 20.3 Å². The summed E-state index contributed by atoms with van der Waals surface area (Å²) in [6.07, 6.45) is 0.335. The largest absolute Gasteiger partial charge is 0.389 e. The fourth-order valence-electron chi connectivity index (χ4n) is 1.89. The fraction of sp³-hybridized carbons (Fsp3) is 0.667. The molecule has 12 heavy (non-hydrogen) atoms. The van der Waals surface area contributed by atoms with Crippen LogP contribution in [0.2, 0.25) is 0 Å². The van der Waals surface area contributed by atoms with Crippen LogP contribution in [-0.4, -0.2) is 24.0 Å². The summed E-state index contributed by atoms with van der Waals surface area (Å²) >= 11 is 0. The maximum absolute atomic E-state index is 9.56. The van der Waals surface area contributed by atoms with E-state index in [2.05, 4.69) is 5.32 Å². The summed E-state index contributed by atoms with van der Waals surface area (Å²) in [5, 5.41) is 20.1. The van der Waals surface area contributed by atoms with Crippen LogP contribution >= 0.6 is 0 Å². The maximum Gasteiger partial charge on any atom is 0.0943 e. The zero-order chi connectivity index (χ0) is 9.30. The van der Waals surface area contributed by atoms with E-state index in [1.807, 2.05) is 6.92 Å². The van der Waals surface area contributed by atoms with Crippen LogP contribution in [0.15, 0.2) is 11.3 Å². The van der Waals surface area contributed by atoms with Crippen molar-refractivity contribution in [3.63, 3.8) is 0 Å². The first-order valence-corrected chi connectivity index (χ1v) is 4.23. The Balaban J connectivity index is 3.01. The smallest absolute Gasteiger partial charge is 0.0943 e. The number of aliphatic hydroxyl groups excluding tert-OH is 1. The van der Waals surface area contributed by atoms with Gasteiger partial charge in [0.1, 0.15) is 0 Å². The molecule has 0 aromatic carbocycles. The molecule has 68 valence electrons. The number of hydrogen-bond acceptors (Lipinski definition) is 3. The summed E-state index contributed by atoms with van der Waals surface area (Å²) in [5.74, 6) is 0.306. The van der Waals surface area contributed by atoms with E-state index in [9.17, 15) is 5.11 Å². The Morgan fingerprint density at radius 1 is 1.67 bits per heavy atom. The average Bonchev–Trinajstić information content (AvgIpc) is 2.24. The van der Waals surface area contributed by atoms with Crippen LogP contribution in [0.4, 0.5) is 0 Å². The van der Waals surface area contributed by atoms with Gasteiger partial charge in [-0.1, -0.05) is 6.92 Å². The maximum atomic E-state index is 9.56. The van der Waals surface area contributed by atoms with Gasteiger partial charge in [-0.3, -0.25) is 0 Å². The molecule has 3 heteroatoms. The predicted molar refractivity (Wildman–Crippen MR) is 49.3 cm³/mol. The molecule has 2 atom stereocenters. The molecular formula is C9H16N2O. The topological polar surface area (TPSA) is 56.1 Å². The third-order valence-corrected chi connectivity index (χ3v) is 2.37. The van der Waals surface area contributed by atoms with Gasteiger partial charge in [-0.25, -0.2) is 0 Å². The molecule has 0 radical (unpaired) electrons. The van der Waals surface area contributed by atoms with Gasteiger partial charge in [0.2, 0.25) is 0 Å². The lowest BCUT2D eigenvalue weighted by atomic mass is 10.0. The summed E-state index contributed by atoms with van der Waals surface area (Å²) in [7, 11) is 1.79. The summed E-state index contributed by atoms with van der Waals surface area (Å²) in [5.41, 5.74) is 2.36. The highest BCUT2D eigenvalue weighted by Gasteiger charge is 2.29. The molecule has 0 unspecified atom stereocenters. The molecule has 0 amide bonds. The molecule has 1 aliphatic rings. The van der Waals surface area contributed by atoms with Gasteiger partial charge < -0.3 is 15.8 Å². The SMILES string of the molecule is CNC1=C(C(C)=N)[C@H](C)C[C@@H]1O. The second-order valence-corrected chi connectivity index (χ2v) is 3.35. The normalized spacial score (nSPS) is 29.3. The molecule has 1 aliphatic carbocycles. The molecule has 0 bridgehead atoms. The summed E-state index contributed by atoms with van der Waals surface area (Å²) in [6.45, 7) is 3.81. The van der Waals surface area contributed by atoms with Gasteiger partial charge in [-0.2, -0.15) is 0 Å². The van der Waals surface area contributed by atoms with Crippen molar-refractivity contribution in [3.8, 4) is 0 Å². The Kier molecular flexibility index (Phi) is 2.52. The molecule has 3 N–H and O–H groups in total. The van der Waals surface area contributed by atoms with Crippen LogP contribution in [0.25, 0.3) is 0 Å². The lowest BCUT2D eigenvalue weighted by Crippen LogP contribution is -2.18.